The molecule has 214 valence electrons. The fraction of sp³-hybridized carbons (Fsp3) is 0.355. The molecule has 3 rings (SSSR count). The van der Waals surface area contributed by atoms with Crippen LogP contribution in [-0.4, -0.2) is 44.3 Å². The second-order valence-corrected chi connectivity index (χ2v) is 12.4. The highest BCUT2D eigenvalue weighted by molar-refractivity contribution is 7.92. The van der Waals surface area contributed by atoms with Gasteiger partial charge >= 0.3 is 0 Å². The van der Waals surface area contributed by atoms with E-state index in [0.29, 0.717) is 22.8 Å². The lowest BCUT2D eigenvalue weighted by Crippen LogP contribution is -2.51. The molecule has 0 aromatic heterocycles. The summed E-state index contributed by atoms with van der Waals surface area (Å²) in [6, 6.07) is 18.2. The predicted octanol–water partition coefficient (Wildman–Crippen LogP) is 5.79. The van der Waals surface area contributed by atoms with E-state index in [1.807, 2.05) is 45.9 Å². The summed E-state index contributed by atoms with van der Waals surface area (Å²) in [6.45, 7) is 9.35. The molecule has 0 aliphatic carbocycles. The third-order valence-corrected chi connectivity index (χ3v) is 8.77. The minimum Gasteiger partial charge on any atom is -0.354 e. The molecule has 0 fully saturated rings. The zero-order chi connectivity index (χ0) is 29.4. The standard InChI is InChI=1S/C31H38ClN3O4S/c1-6-7-17-33-31(37)25(5)34(20-26-9-8-10-27(32)19-26)30(36)21-35(29-18-23(3)11-14-24(29)4)40(38,39)28-15-12-22(2)13-16-28/h8-16,18-19,25H,6-7,17,20-21H2,1-5H3,(H,33,37)/t25-/m1/s1. The Morgan fingerprint density at radius 3 is 2.27 bits per heavy atom. The predicted molar refractivity (Wildman–Crippen MR) is 161 cm³/mol. The number of nitrogens with zero attached hydrogens (tertiary/aromatic N) is 2. The first kappa shape index (κ1) is 31.2. The summed E-state index contributed by atoms with van der Waals surface area (Å²) < 4.78 is 29.2. The van der Waals surface area contributed by atoms with Gasteiger partial charge in [0.25, 0.3) is 10.0 Å². The van der Waals surface area contributed by atoms with Crippen LogP contribution in [0, 0.1) is 20.8 Å². The van der Waals surface area contributed by atoms with Crippen molar-refractivity contribution in [3.8, 4) is 0 Å². The number of anilines is 1. The molecule has 0 saturated heterocycles. The van der Waals surface area contributed by atoms with Crippen LogP contribution in [0.15, 0.2) is 71.6 Å². The molecule has 1 atom stereocenters. The number of aryl methyl sites for hydroxylation is 3. The lowest BCUT2D eigenvalue weighted by molar-refractivity contribution is -0.139. The normalized spacial score (nSPS) is 12.1. The first-order valence-electron chi connectivity index (χ1n) is 13.4. The van der Waals surface area contributed by atoms with Gasteiger partial charge in [-0.1, -0.05) is 66.9 Å². The van der Waals surface area contributed by atoms with Crippen LogP contribution >= 0.6 is 11.6 Å². The van der Waals surface area contributed by atoms with Gasteiger partial charge in [0.05, 0.1) is 10.6 Å². The number of rotatable bonds is 12. The Kier molecular flexibility index (Phi) is 10.8. The maximum atomic E-state index is 14.0. The van der Waals surface area contributed by atoms with Gasteiger partial charge in [0.15, 0.2) is 0 Å². The summed E-state index contributed by atoms with van der Waals surface area (Å²) in [6.07, 6.45) is 1.73. The Balaban J connectivity index is 2.04. The number of sulfonamides is 1. The molecule has 0 spiro atoms. The van der Waals surface area contributed by atoms with Crippen LogP contribution in [0.25, 0.3) is 0 Å². The summed E-state index contributed by atoms with van der Waals surface area (Å²) in [5, 5.41) is 3.39. The van der Waals surface area contributed by atoms with Crippen molar-refractivity contribution in [3.05, 3.63) is 94.0 Å². The summed E-state index contributed by atoms with van der Waals surface area (Å²) in [7, 11) is -4.12. The highest BCUT2D eigenvalue weighted by Crippen LogP contribution is 2.29. The average Bonchev–Trinajstić information content (AvgIpc) is 2.91. The minimum atomic E-state index is -4.12. The summed E-state index contributed by atoms with van der Waals surface area (Å²) in [4.78, 5) is 28.6. The van der Waals surface area contributed by atoms with Crippen LogP contribution in [-0.2, 0) is 26.2 Å². The summed E-state index contributed by atoms with van der Waals surface area (Å²) >= 11 is 6.20. The van der Waals surface area contributed by atoms with E-state index in [4.69, 9.17) is 11.6 Å². The zero-order valence-corrected chi connectivity index (χ0v) is 25.3. The number of halogens is 1. The largest absolute Gasteiger partial charge is 0.354 e. The van der Waals surface area contributed by atoms with E-state index in [9.17, 15) is 18.0 Å². The van der Waals surface area contributed by atoms with Crippen molar-refractivity contribution in [2.24, 2.45) is 0 Å². The van der Waals surface area contributed by atoms with Crippen molar-refractivity contribution in [2.75, 3.05) is 17.4 Å². The zero-order valence-electron chi connectivity index (χ0n) is 23.8. The molecule has 2 amide bonds. The number of amides is 2. The third-order valence-electron chi connectivity index (χ3n) is 6.76. The van der Waals surface area contributed by atoms with Crippen LogP contribution < -0.4 is 9.62 Å². The molecule has 0 unspecified atom stereocenters. The maximum absolute atomic E-state index is 14.0. The van der Waals surface area contributed by atoms with Gasteiger partial charge in [0.2, 0.25) is 11.8 Å². The average molecular weight is 584 g/mol. The van der Waals surface area contributed by atoms with Crippen molar-refractivity contribution in [1.29, 1.82) is 0 Å². The van der Waals surface area contributed by atoms with Crippen molar-refractivity contribution in [2.45, 2.75) is 64.9 Å². The van der Waals surface area contributed by atoms with E-state index in [2.05, 4.69) is 5.32 Å². The lowest BCUT2D eigenvalue weighted by atomic mass is 10.1. The number of hydrogen-bond donors (Lipinski definition) is 1. The van der Waals surface area contributed by atoms with E-state index >= 15 is 0 Å². The van der Waals surface area contributed by atoms with Gasteiger partial charge in [0.1, 0.15) is 12.6 Å². The van der Waals surface area contributed by atoms with E-state index in [1.54, 1.807) is 55.5 Å². The van der Waals surface area contributed by atoms with E-state index < -0.39 is 28.5 Å². The Labute approximate surface area is 243 Å². The second kappa shape index (κ2) is 13.8. The summed E-state index contributed by atoms with van der Waals surface area (Å²) in [5.74, 6) is -0.807. The smallest absolute Gasteiger partial charge is 0.264 e. The van der Waals surface area contributed by atoms with Crippen molar-refractivity contribution in [1.82, 2.24) is 10.2 Å². The minimum absolute atomic E-state index is 0.0820. The SMILES string of the molecule is CCCCNC(=O)[C@@H](C)N(Cc1cccc(Cl)c1)C(=O)CN(c1cc(C)ccc1C)S(=O)(=O)c1ccc(C)cc1. The van der Waals surface area contributed by atoms with Gasteiger partial charge in [-0.15, -0.1) is 0 Å². The van der Waals surface area contributed by atoms with Crippen LogP contribution in [0.2, 0.25) is 5.02 Å². The van der Waals surface area contributed by atoms with E-state index in [-0.39, 0.29) is 17.3 Å². The molecule has 9 heteroatoms. The lowest BCUT2D eigenvalue weighted by Gasteiger charge is -2.32. The first-order valence-corrected chi connectivity index (χ1v) is 15.2. The molecule has 0 bridgehead atoms. The molecule has 0 aliphatic heterocycles. The summed E-state index contributed by atoms with van der Waals surface area (Å²) in [5.41, 5.74) is 3.63. The van der Waals surface area contributed by atoms with Crippen molar-refractivity contribution >= 4 is 39.1 Å². The van der Waals surface area contributed by atoms with Gasteiger partial charge in [-0.2, -0.15) is 0 Å². The molecule has 0 radical (unpaired) electrons. The number of carbonyl (C=O) groups excluding carboxylic acids is 2. The molecule has 3 aromatic rings. The van der Waals surface area contributed by atoms with Crippen molar-refractivity contribution in [3.63, 3.8) is 0 Å². The molecule has 3 aromatic carbocycles. The Hall–Kier alpha value is -3.36. The Morgan fingerprint density at radius 2 is 1.62 bits per heavy atom. The van der Waals surface area contributed by atoms with Gasteiger partial charge in [-0.25, -0.2) is 8.42 Å². The molecule has 40 heavy (non-hydrogen) atoms. The topological polar surface area (TPSA) is 86.8 Å². The second-order valence-electron chi connectivity index (χ2n) is 10.1. The highest BCUT2D eigenvalue weighted by Gasteiger charge is 2.33. The maximum Gasteiger partial charge on any atom is 0.264 e. The van der Waals surface area contributed by atoms with Gasteiger partial charge < -0.3 is 10.2 Å². The van der Waals surface area contributed by atoms with Gasteiger partial charge in [0, 0.05) is 18.1 Å². The van der Waals surface area contributed by atoms with Crippen LogP contribution in [0.1, 0.15) is 48.9 Å². The number of nitrogens with one attached hydrogen (secondary N) is 1. The fourth-order valence-corrected chi connectivity index (χ4v) is 5.97. The number of unbranched alkanes of at least 4 members (excludes halogenated alkanes) is 1. The van der Waals surface area contributed by atoms with Gasteiger partial charge in [-0.3, -0.25) is 13.9 Å². The molecule has 0 saturated carbocycles. The fourth-order valence-electron chi connectivity index (χ4n) is 4.29. The molecular formula is C31H38ClN3O4S. The molecule has 0 heterocycles. The number of hydrogen-bond acceptors (Lipinski definition) is 4. The monoisotopic (exact) mass is 583 g/mol. The third kappa shape index (κ3) is 7.86. The Bertz CT molecular complexity index is 1440. The van der Waals surface area contributed by atoms with Crippen LogP contribution in [0.3, 0.4) is 0 Å². The van der Waals surface area contributed by atoms with Crippen LogP contribution in [0.4, 0.5) is 5.69 Å². The highest BCUT2D eigenvalue weighted by atomic mass is 35.5. The van der Waals surface area contributed by atoms with E-state index in [1.165, 1.54) is 4.90 Å². The first-order chi connectivity index (χ1) is 18.9. The number of carbonyl (C=O) groups is 2. The molecule has 0 aliphatic rings. The van der Waals surface area contributed by atoms with E-state index in [0.717, 1.165) is 33.8 Å². The molecule has 7 nitrogen and oxygen atoms in total. The van der Waals surface area contributed by atoms with Gasteiger partial charge in [-0.05, 0) is 81.1 Å². The molecule has 1 N–H and O–H groups in total. The van der Waals surface area contributed by atoms with Crippen LogP contribution in [0.5, 0.6) is 0 Å². The van der Waals surface area contributed by atoms with Crippen molar-refractivity contribution < 1.29 is 18.0 Å². The Morgan fingerprint density at radius 1 is 0.950 bits per heavy atom. The number of benzene rings is 3. The molecular weight excluding hydrogens is 546 g/mol. The quantitative estimate of drug-likeness (QED) is 0.273.